The predicted octanol–water partition coefficient (Wildman–Crippen LogP) is 4.93. The fourth-order valence-electron chi connectivity index (χ4n) is 5.53. The molecule has 228 valence electrons. The Bertz CT molecular complexity index is 1540. The first-order valence-corrected chi connectivity index (χ1v) is 13.5. The Balaban J connectivity index is 1.60. The molecule has 0 saturated carbocycles. The number of nitrogens with zero attached hydrogens (tertiary/aromatic N) is 3. The number of alkyl halides is 3. The van der Waals surface area contributed by atoms with Gasteiger partial charge in [0.25, 0.3) is 11.8 Å². The molecular weight excluding hydrogens is 599 g/mol. The summed E-state index contributed by atoms with van der Waals surface area (Å²) >= 11 is 5.88. The van der Waals surface area contributed by atoms with Crippen LogP contribution in [0.15, 0.2) is 48.7 Å². The Kier molecular flexibility index (Phi) is 7.99. The molecule has 8 nitrogen and oxygen atoms in total. The van der Waals surface area contributed by atoms with E-state index in [4.69, 9.17) is 16.3 Å². The van der Waals surface area contributed by atoms with Gasteiger partial charge in [-0.25, -0.2) is 13.8 Å². The molecule has 2 aliphatic rings. The first-order chi connectivity index (χ1) is 20.2. The van der Waals surface area contributed by atoms with Crippen LogP contribution in [-0.4, -0.2) is 60.3 Å². The number of hydrogen-bond acceptors (Lipinski definition) is 6. The van der Waals surface area contributed by atoms with Gasteiger partial charge in [0, 0.05) is 60.0 Å². The highest BCUT2D eigenvalue weighted by molar-refractivity contribution is 6.30. The normalized spacial score (nSPS) is 22.3. The molecule has 3 atom stereocenters. The van der Waals surface area contributed by atoms with Crippen molar-refractivity contribution in [3.05, 3.63) is 82.0 Å². The third-order valence-electron chi connectivity index (χ3n) is 7.61. The van der Waals surface area contributed by atoms with Gasteiger partial charge < -0.3 is 20.1 Å². The first-order valence-electron chi connectivity index (χ1n) is 13.1. The molecule has 2 aliphatic heterocycles. The highest BCUT2D eigenvalue weighted by Gasteiger charge is 2.50. The summed E-state index contributed by atoms with van der Waals surface area (Å²) in [5.74, 6) is -6.48. The number of carbonyl (C=O) groups is 2. The zero-order valence-electron chi connectivity index (χ0n) is 22.9. The maximum atomic E-state index is 15.3. The number of ether oxygens (including phenoxy) is 1. The first kappa shape index (κ1) is 30.5. The minimum Gasteiger partial charge on any atom is -0.497 e. The molecular formula is C29H26ClF5N4O4. The van der Waals surface area contributed by atoms with Crippen molar-refractivity contribution in [2.24, 2.45) is 0 Å². The average molecular weight is 625 g/mol. The zero-order valence-corrected chi connectivity index (χ0v) is 23.6. The van der Waals surface area contributed by atoms with E-state index in [0.717, 1.165) is 24.4 Å². The van der Waals surface area contributed by atoms with Crippen molar-refractivity contribution in [3.63, 3.8) is 0 Å². The predicted molar refractivity (Wildman–Crippen MR) is 147 cm³/mol. The van der Waals surface area contributed by atoms with Crippen LogP contribution in [0.1, 0.15) is 40.7 Å². The lowest BCUT2D eigenvalue weighted by atomic mass is 9.92. The number of benzene rings is 2. The van der Waals surface area contributed by atoms with Crippen LogP contribution >= 0.6 is 11.6 Å². The van der Waals surface area contributed by atoms with E-state index in [9.17, 15) is 27.9 Å². The third-order valence-corrected chi connectivity index (χ3v) is 7.86. The van der Waals surface area contributed by atoms with Gasteiger partial charge >= 0.3 is 6.18 Å². The number of amides is 2. The van der Waals surface area contributed by atoms with Crippen molar-refractivity contribution < 1.29 is 41.4 Å². The van der Waals surface area contributed by atoms with Crippen molar-refractivity contribution in [3.8, 4) is 5.75 Å². The maximum Gasteiger partial charge on any atom is 0.421 e. The van der Waals surface area contributed by atoms with Gasteiger partial charge in [-0.1, -0.05) is 11.6 Å². The van der Waals surface area contributed by atoms with E-state index < -0.39 is 70.7 Å². The van der Waals surface area contributed by atoms with E-state index in [1.54, 1.807) is 0 Å². The number of anilines is 2. The number of halogens is 6. The number of aromatic nitrogens is 1. The standard InChI is InChI=1S/C29H26ClF5N4O4/c1-28(42)8-10-38(14-28)21-7-9-36-25(23(21)29(33,34)35)39-13-18(22-19(31)11-17(43-2)12-20(22)32)24(27(39)41)37-26(40)15-3-5-16(30)6-4-15/h3-7,9,11-12,18,24,42H,8,10,13-14H2,1-2H3,(H,37,40)/t18-,24-,28?/m0/s1. The summed E-state index contributed by atoms with van der Waals surface area (Å²) in [4.78, 5) is 32.8. The van der Waals surface area contributed by atoms with Crippen LogP contribution in [0.25, 0.3) is 0 Å². The van der Waals surface area contributed by atoms with Gasteiger partial charge in [0.2, 0.25) is 0 Å². The minimum atomic E-state index is -5.01. The van der Waals surface area contributed by atoms with E-state index in [0.29, 0.717) is 9.92 Å². The number of methoxy groups -OCH3 is 1. The maximum absolute atomic E-state index is 15.3. The Morgan fingerprint density at radius 2 is 1.81 bits per heavy atom. The number of aliphatic hydroxyl groups is 1. The van der Waals surface area contributed by atoms with Gasteiger partial charge in [0.1, 0.15) is 34.8 Å². The summed E-state index contributed by atoms with van der Waals surface area (Å²) in [6.07, 6.45) is -3.71. The molecule has 0 aliphatic carbocycles. The van der Waals surface area contributed by atoms with Crippen LogP contribution in [0, 0.1) is 11.6 Å². The molecule has 14 heteroatoms. The average Bonchev–Trinajstić information content (AvgIpc) is 3.46. The number of carbonyl (C=O) groups excluding carboxylic acids is 2. The summed E-state index contributed by atoms with van der Waals surface area (Å²) in [5.41, 5.74) is -3.35. The van der Waals surface area contributed by atoms with E-state index in [1.807, 2.05) is 0 Å². The van der Waals surface area contributed by atoms with Crippen molar-refractivity contribution >= 4 is 34.9 Å². The highest BCUT2D eigenvalue weighted by Crippen LogP contribution is 2.46. The highest BCUT2D eigenvalue weighted by atomic mass is 35.5. The number of pyridine rings is 1. The third kappa shape index (κ3) is 5.96. The lowest BCUT2D eigenvalue weighted by Gasteiger charge is -2.28. The molecule has 3 aromatic rings. The van der Waals surface area contributed by atoms with E-state index in [2.05, 4.69) is 10.3 Å². The van der Waals surface area contributed by atoms with Gasteiger partial charge in [0.05, 0.1) is 18.4 Å². The summed E-state index contributed by atoms with van der Waals surface area (Å²) in [6, 6.07) is 6.77. The molecule has 2 saturated heterocycles. The molecule has 3 heterocycles. The Morgan fingerprint density at radius 3 is 2.37 bits per heavy atom. The van der Waals surface area contributed by atoms with Crippen LogP contribution in [0.2, 0.25) is 5.02 Å². The summed E-state index contributed by atoms with van der Waals surface area (Å²) in [6.45, 7) is 0.876. The monoisotopic (exact) mass is 624 g/mol. The molecule has 5 rings (SSSR count). The Morgan fingerprint density at radius 1 is 1.16 bits per heavy atom. The van der Waals surface area contributed by atoms with E-state index in [-0.39, 0.29) is 36.5 Å². The molecule has 0 spiro atoms. The van der Waals surface area contributed by atoms with Crippen molar-refractivity contribution in [2.45, 2.75) is 37.1 Å². The van der Waals surface area contributed by atoms with Crippen LogP contribution in [0.4, 0.5) is 33.5 Å². The molecule has 2 amide bonds. The lowest BCUT2D eigenvalue weighted by Crippen LogP contribution is -2.44. The van der Waals surface area contributed by atoms with Crippen LogP contribution in [0.3, 0.4) is 0 Å². The molecule has 2 fully saturated rings. The molecule has 1 unspecified atom stereocenters. The fraction of sp³-hybridized carbons (Fsp3) is 0.345. The van der Waals surface area contributed by atoms with Gasteiger partial charge in [0.15, 0.2) is 0 Å². The number of nitrogens with one attached hydrogen (secondary N) is 1. The second kappa shape index (κ2) is 11.3. The summed E-state index contributed by atoms with van der Waals surface area (Å²) in [5, 5.41) is 13.2. The number of β-amino-alcohol motifs (C(OH)–C–C–N with tert-alkyl or cyclic N) is 1. The Labute approximate surface area is 248 Å². The van der Waals surface area contributed by atoms with Gasteiger partial charge in [-0.05, 0) is 43.7 Å². The van der Waals surface area contributed by atoms with Gasteiger partial charge in [-0.3, -0.25) is 14.5 Å². The number of hydrogen-bond donors (Lipinski definition) is 2. The topological polar surface area (TPSA) is 95.0 Å². The fourth-order valence-corrected chi connectivity index (χ4v) is 5.66. The van der Waals surface area contributed by atoms with Crippen molar-refractivity contribution in [1.82, 2.24) is 10.3 Å². The molecule has 1 aromatic heterocycles. The Hall–Kier alpha value is -3.97. The van der Waals surface area contributed by atoms with Crippen LogP contribution in [0.5, 0.6) is 5.75 Å². The number of rotatable bonds is 6. The summed E-state index contributed by atoms with van der Waals surface area (Å²) in [7, 11) is 1.20. The van der Waals surface area contributed by atoms with Crippen LogP contribution < -0.4 is 19.9 Å². The van der Waals surface area contributed by atoms with Crippen molar-refractivity contribution in [2.75, 3.05) is 36.5 Å². The second-order valence-electron chi connectivity index (χ2n) is 10.7. The SMILES string of the molecule is COc1cc(F)c([C@@H]2CN(c3nccc(N4CCC(C)(O)C4)c3C(F)(F)F)C(=O)[C@H]2NC(=O)c2ccc(Cl)cc2)c(F)c1. The quantitative estimate of drug-likeness (QED) is 0.378. The largest absolute Gasteiger partial charge is 0.497 e. The smallest absolute Gasteiger partial charge is 0.421 e. The van der Waals surface area contributed by atoms with E-state index in [1.165, 1.54) is 43.2 Å². The molecule has 2 aromatic carbocycles. The molecule has 43 heavy (non-hydrogen) atoms. The second-order valence-corrected chi connectivity index (χ2v) is 11.1. The van der Waals surface area contributed by atoms with Crippen LogP contribution in [-0.2, 0) is 11.0 Å². The molecule has 0 bridgehead atoms. The van der Waals surface area contributed by atoms with Gasteiger partial charge in [-0.15, -0.1) is 0 Å². The van der Waals surface area contributed by atoms with E-state index >= 15 is 8.78 Å². The lowest BCUT2D eigenvalue weighted by molar-refractivity contribution is -0.136. The zero-order chi connectivity index (χ0) is 31.3. The molecule has 0 radical (unpaired) electrons. The van der Waals surface area contributed by atoms with Gasteiger partial charge in [-0.2, -0.15) is 13.2 Å². The summed E-state index contributed by atoms with van der Waals surface area (Å²) < 4.78 is 79.4. The minimum absolute atomic E-state index is 0.0577. The molecule has 2 N–H and O–H groups in total. The van der Waals surface area contributed by atoms with Crippen molar-refractivity contribution in [1.29, 1.82) is 0 Å².